The Labute approximate surface area is 152 Å². The van der Waals surface area contributed by atoms with Crippen molar-refractivity contribution in [2.75, 3.05) is 13.1 Å². The Morgan fingerprint density at radius 1 is 1.43 bits per heavy atom. The molecule has 126 valence electrons. The van der Waals surface area contributed by atoms with Gasteiger partial charge in [-0.2, -0.15) is 0 Å². The topological polar surface area (TPSA) is 59.2 Å². The van der Waals surface area contributed by atoms with Crippen molar-refractivity contribution < 1.29 is 4.79 Å². The smallest absolute Gasteiger partial charge is 0.254 e. The SMILES string of the molecule is Cc1csc(-c2cccc(C(=O)N3CCCC3CN)c2)n1.Cl.Cl. The van der Waals surface area contributed by atoms with E-state index < -0.39 is 0 Å². The number of nitrogens with zero attached hydrogens (tertiary/aromatic N) is 2. The maximum Gasteiger partial charge on any atom is 0.254 e. The van der Waals surface area contributed by atoms with Crippen LogP contribution in [-0.2, 0) is 0 Å². The second-order valence-corrected chi connectivity index (χ2v) is 6.26. The van der Waals surface area contributed by atoms with Gasteiger partial charge in [-0.1, -0.05) is 12.1 Å². The molecule has 2 N–H and O–H groups in total. The molecule has 1 aromatic carbocycles. The predicted octanol–water partition coefficient (Wildman–Crippen LogP) is 3.53. The van der Waals surface area contributed by atoms with E-state index in [1.807, 2.05) is 41.5 Å². The number of rotatable bonds is 3. The van der Waals surface area contributed by atoms with Crippen molar-refractivity contribution in [3.63, 3.8) is 0 Å². The van der Waals surface area contributed by atoms with Crippen molar-refractivity contribution in [1.29, 1.82) is 0 Å². The third-order valence-corrected chi connectivity index (χ3v) is 4.89. The third kappa shape index (κ3) is 4.23. The van der Waals surface area contributed by atoms with Crippen molar-refractivity contribution >= 4 is 42.1 Å². The highest BCUT2D eigenvalue weighted by Crippen LogP contribution is 2.26. The van der Waals surface area contributed by atoms with E-state index in [0.717, 1.165) is 41.2 Å². The predicted molar refractivity (Wildman–Crippen MR) is 99.9 cm³/mol. The molecule has 1 unspecified atom stereocenters. The molecule has 0 spiro atoms. The second-order valence-electron chi connectivity index (χ2n) is 5.41. The lowest BCUT2D eigenvalue weighted by atomic mass is 10.1. The minimum atomic E-state index is 0. The monoisotopic (exact) mass is 373 g/mol. The number of hydrogen-bond acceptors (Lipinski definition) is 4. The molecule has 2 heterocycles. The summed E-state index contributed by atoms with van der Waals surface area (Å²) in [5, 5.41) is 2.98. The highest BCUT2D eigenvalue weighted by molar-refractivity contribution is 7.13. The lowest BCUT2D eigenvalue weighted by Gasteiger charge is -2.23. The van der Waals surface area contributed by atoms with E-state index in [1.165, 1.54) is 0 Å². The van der Waals surface area contributed by atoms with Gasteiger partial charge in [0.1, 0.15) is 5.01 Å². The summed E-state index contributed by atoms with van der Waals surface area (Å²) < 4.78 is 0. The number of carbonyl (C=O) groups is 1. The molecule has 1 fully saturated rings. The molecule has 2 aromatic rings. The van der Waals surface area contributed by atoms with Crippen LogP contribution in [0.25, 0.3) is 10.6 Å². The van der Waals surface area contributed by atoms with Crippen molar-refractivity contribution in [1.82, 2.24) is 9.88 Å². The van der Waals surface area contributed by atoms with Crippen molar-refractivity contribution in [2.45, 2.75) is 25.8 Å². The summed E-state index contributed by atoms with van der Waals surface area (Å²) in [6.07, 6.45) is 2.05. The molecular formula is C16H21Cl2N3OS. The fourth-order valence-corrected chi connectivity index (χ4v) is 3.58. The summed E-state index contributed by atoms with van der Waals surface area (Å²) in [6.45, 7) is 3.32. The van der Waals surface area contributed by atoms with Crippen LogP contribution < -0.4 is 5.73 Å². The average Bonchev–Trinajstić information content (AvgIpc) is 3.15. The number of nitrogens with two attached hydrogens (primary N) is 1. The molecule has 7 heteroatoms. The molecule has 1 saturated heterocycles. The molecule has 0 aliphatic carbocycles. The van der Waals surface area contributed by atoms with Crippen molar-refractivity contribution in [3.8, 4) is 10.6 Å². The lowest BCUT2D eigenvalue weighted by Crippen LogP contribution is -2.39. The minimum Gasteiger partial charge on any atom is -0.334 e. The van der Waals surface area contributed by atoms with Crippen LogP contribution in [0, 0.1) is 6.92 Å². The largest absolute Gasteiger partial charge is 0.334 e. The van der Waals surface area contributed by atoms with Crippen LogP contribution in [0.5, 0.6) is 0 Å². The molecule has 1 aromatic heterocycles. The Kier molecular flexibility index (Phi) is 7.48. The number of carbonyl (C=O) groups excluding carboxylic acids is 1. The highest BCUT2D eigenvalue weighted by atomic mass is 35.5. The first kappa shape index (κ1) is 19.9. The molecule has 3 rings (SSSR count). The summed E-state index contributed by atoms with van der Waals surface area (Å²) in [6, 6.07) is 7.92. The molecule has 1 amide bonds. The Balaban J connectivity index is 0.00000132. The van der Waals surface area contributed by atoms with Crippen LogP contribution in [0.3, 0.4) is 0 Å². The Morgan fingerprint density at radius 3 is 2.87 bits per heavy atom. The zero-order valence-electron chi connectivity index (χ0n) is 12.9. The van der Waals surface area contributed by atoms with Gasteiger partial charge in [0, 0.05) is 41.3 Å². The number of likely N-dealkylation sites (tertiary alicyclic amines) is 1. The molecule has 0 bridgehead atoms. The summed E-state index contributed by atoms with van der Waals surface area (Å²) >= 11 is 1.60. The first-order valence-corrected chi connectivity index (χ1v) is 8.10. The van der Waals surface area contributed by atoms with E-state index in [0.29, 0.717) is 6.54 Å². The van der Waals surface area contributed by atoms with Crippen LogP contribution >= 0.6 is 36.2 Å². The summed E-state index contributed by atoms with van der Waals surface area (Å²) in [4.78, 5) is 19.1. The van der Waals surface area contributed by atoms with E-state index in [9.17, 15) is 4.79 Å². The van der Waals surface area contributed by atoms with Crippen LogP contribution in [0.4, 0.5) is 0 Å². The number of benzene rings is 1. The van der Waals surface area contributed by atoms with Gasteiger partial charge in [0.05, 0.1) is 0 Å². The Bertz CT molecular complexity index is 662. The molecule has 1 atom stereocenters. The first-order chi connectivity index (χ1) is 10.2. The average molecular weight is 374 g/mol. The van der Waals surface area contributed by atoms with Gasteiger partial charge < -0.3 is 10.6 Å². The van der Waals surface area contributed by atoms with E-state index in [4.69, 9.17) is 5.73 Å². The standard InChI is InChI=1S/C16H19N3OS.2ClH/c1-11-10-21-15(18-11)12-4-2-5-13(8-12)16(20)19-7-3-6-14(19)9-17;;/h2,4-5,8,10,14H,3,6-7,9,17H2,1H3;2*1H. The molecular weight excluding hydrogens is 353 g/mol. The Hall–Kier alpha value is -1.14. The number of halogens is 2. The zero-order chi connectivity index (χ0) is 14.8. The maximum atomic E-state index is 12.7. The molecule has 0 radical (unpaired) electrons. The van der Waals surface area contributed by atoms with E-state index in [-0.39, 0.29) is 36.8 Å². The molecule has 1 aliphatic heterocycles. The summed E-state index contributed by atoms with van der Waals surface area (Å²) in [7, 11) is 0. The normalized spacial score (nSPS) is 16.6. The second kappa shape index (κ2) is 8.64. The number of aromatic nitrogens is 1. The molecule has 23 heavy (non-hydrogen) atoms. The van der Waals surface area contributed by atoms with Gasteiger partial charge >= 0.3 is 0 Å². The minimum absolute atomic E-state index is 0. The van der Waals surface area contributed by atoms with Gasteiger partial charge in [-0.25, -0.2) is 4.98 Å². The first-order valence-electron chi connectivity index (χ1n) is 7.22. The van der Waals surface area contributed by atoms with E-state index in [2.05, 4.69) is 4.98 Å². The number of aryl methyl sites for hydroxylation is 1. The quantitative estimate of drug-likeness (QED) is 0.894. The lowest BCUT2D eigenvalue weighted by molar-refractivity contribution is 0.0741. The molecule has 1 aliphatic rings. The Morgan fingerprint density at radius 2 is 2.22 bits per heavy atom. The van der Waals surface area contributed by atoms with Crippen molar-refractivity contribution in [2.24, 2.45) is 5.73 Å². The van der Waals surface area contributed by atoms with Gasteiger partial charge in [0.25, 0.3) is 5.91 Å². The van der Waals surface area contributed by atoms with Gasteiger partial charge in [-0.3, -0.25) is 4.79 Å². The van der Waals surface area contributed by atoms with Crippen molar-refractivity contribution in [3.05, 3.63) is 40.9 Å². The van der Waals surface area contributed by atoms with Gasteiger partial charge in [-0.15, -0.1) is 36.2 Å². The van der Waals surface area contributed by atoms with Gasteiger partial charge in [0.2, 0.25) is 0 Å². The highest BCUT2D eigenvalue weighted by Gasteiger charge is 2.28. The van der Waals surface area contributed by atoms with Gasteiger partial charge in [0.15, 0.2) is 0 Å². The number of amides is 1. The van der Waals surface area contributed by atoms with E-state index in [1.54, 1.807) is 11.3 Å². The van der Waals surface area contributed by atoms with Gasteiger partial charge in [-0.05, 0) is 31.9 Å². The zero-order valence-corrected chi connectivity index (χ0v) is 15.3. The summed E-state index contributed by atoms with van der Waals surface area (Å²) in [5.41, 5.74) is 8.50. The fourth-order valence-electron chi connectivity index (χ4n) is 2.79. The maximum absolute atomic E-state index is 12.7. The number of thiazole rings is 1. The van der Waals surface area contributed by atoms with Crippen LogP contribution in [0.2, 0.25) is 0 Å². The van der Waals surface area contributed by atoms with Crippen LogP contribution in [0.1, 0.15) is 28.9 Å². The third-order valence-electron chi connectivity index (χ3n) is 3.89. The fraction of sp³-hybridized carbons (Fsp3) is 0.375. The summed E-state index contributed by atoms with van der Waals surface area (Å²) in [5.74, 6) is 0.0816. The van der Waals surface area contributed by atoms with Crippen LogP contribution in [0.15, 0.2) is 29.6 Å². The van der Waals surface area contributed by atoms with Crippen LogP contribution in [-0.4, -0.2) is 34.9 Å². The van der Waals surface area contributed by atoms with E-state index >= 15 is 0 Å². The molecule has 4 nitrogen and oxygen atoms in total. The molecule has 0 saturated carbocycles. The number of hydrogen-bond donors (Lipinski definition) is 1.